The van der Waals surface area contributed by atoms with Crippen molar-refractivity contribution in [3.05, 3.63) is 6.61 Å². The quantitative estimate of drug-likeness (QED) is 0.561. The molecule has 0 saturated heterocycles. The first-order chi connectivity index (χ1) is 4.84. The molecule has 1 fully saturated rings. The third-order valence-electron chi connectivity index (χ3n) is 1.80. The second-order valence-electron chi connectivity index (χ2n) is 2.64. The molecule has 1 radical (unpaired) electrons. The van der Waals surface area contributed by atoms with Crippen LogP contribution in [0, 0.1) is 12.5 Å². The Morgan fingerprint density at radius 3 is 2.80 bits per heavy atom. The first-order valence-corrected chi connectivity index (χ1v) is 3.86. The van der Waals surface area contributed by atoms with Crippen LogP contribution in [0.2, 0.25) is 0 Å². The first-order valence-electron chi connectivity index (χ1n) is 3.86. The Bertz CT molecular complexity index is 116. The number of carbonyl (C=O) groups is 1. The van der Waals surface area contributed by atoms with Crippen molar-refractivity contribution < 1.29 is 9.53 Å². The molecule has 0 atom stereocenters. The van der Waals surface area contributed by atoms with Gasteiger partial charge in [0.25, 0.3) is 0 Å². The number of rotatable bonds is 3. The second-order valence-corrected chi connectivity index (χ2v) is 2.64. The molecular weight excluding hydrogens is 128 g/mol. The Balaban J connectivity index is 2.08. The molecule has 57 valence electrons. The number of hydrogen-bond donors (Lipinski definition) is 0. The number of carbonyl (C=O) groups excluding carboxylic acids is 1. The summed E-state index contributed by atoms with van der Waals surface area (Å²) in [6.07, 6.45) is 4.04. The van der Waals surface area contributed by atoms with E-state index in [0.717, 1.165) is 19.3 Å². The summed E-state index contributed by atoms with van der Waals surface area (Å²) in [5, 5.41) is 0. The van der Waals surface area contributed by atoms with Gasteiger partial charge >= 0.3 is 5.97 Å². The Morgan fingerprint density at radius 2 is 2.40 bits per heavy atom. The van der Waals surface area contributed by atoms with E-state index in [1.54, 1.807) is 6.61 Å². The zero-order chi connectivity index (χ0) is 7.40. The van der Waals surface area contributed by atoms with Crippen LogP contribution in [0.25, 0.3) is 0 Å². The second kappa shape index (κ2) is 3.59. The van der Waals surface area contributed by atoms with Crippen LogP contribution in [0.1, 0.15) is 32.6 Å². The van der Waals surface area contributed by atoms with Crippen LogP contribution >= 0.6 is 0 Å². The molecule has 0 N–H and O–H groups in total. The zero-order valence-electron chi connectivity index (χ0n) is 6.30. The molecular formula is C8H13O2. The molecule has 1 saturated carbocycles. The van der Waals surface area contributed by atoms with Gasteiger partial charge in [-0.3, -0.25) is 4.79 Å². The van der Waals surface area contributed by atoms with Crippen molar-refractivity contribution in [2.24, 2.45) is 5.92 Å². The molecule has 0 aliphatic heterocycles. The number of hydrogen-bond acceptors (Lipinski definition) is 2. The molecule has 0 aromatic carbocycles. The summed E-state index contributed by atoms with van der Waals surface area (Å²) >= 11 is 0. The van der Waals surface area contributed by atoms with Crippen molar-refractivity contribution >= 4 is 5.97 Å². The largest absolute Gasteiger partial charge is 0.458 e. The standard InChI is InChI=1S/C8H13O2/c1-2-6-10-8(9)7-4-3-5-7/h6-7H,2-5H2,1H3. The van der Waals surface area contributed by atoms with Crippen LogP contribution < -0.4 is 0 Å². The molecule has 1 aliphatic rings. The van der Waals surface area contributed by atoms with Crippen LogP contribution in [0.4, 0.5) is 0 Å². The topological polar surface area (TPSA) is 26.3 Å². The highest BCUT2D eigenvalue weighted by atomic mass is 16.5. The van der Waals surface area contributed by atoms with E-state index in [2.05, 4.69) is 0 Å². The molecule has 0 bridgehead atoms. The van der Waals surface area contributed by atoms with Crippen molar-refractivity contribution in [1.29, 1.82) is 0 Å². The minimum absolute atomic E-state index is 0.0342. The smallest absolute Gasteiger partial charge is 0.309 e. The summed E-state index contributed by atoms with van der Waals surface area (Å²) in [4.78, 5) is 10.9. The Kier molecular flexibility index (Phi) is 2.72. The number of esters is 1. The summed E-state index contributed by atoms with van der Waals surface area (Å²) in [6.45, 7) is 3.52. The fourth-order valence-electron chi connectivity index (χ4n) is 0.906. The van der Waals surface area contributed by atoms with Crippen LogP contribution in [-0.2, 0) is 9.53 Å². The lowest BCUT2D eigenvalue weighted by molar-refractivity contribution is -0.147. The van der Waals surface area contributed by atoms with Gasteiger partial charge in [0, 0.05) is 0 Å². The van der Waals surface area contributed by atoms with E-state index >= 15 is 0 Å². The Hall–Kier alpha value is -0.530. The molecule has 1 aliphatic carbocycles. The van der Waals surface area contributed by atoms with E-state index in [9.17, 15) is 4.79 Å². The van der Waals surface area contributed by atoms with Gasteiger partial charge < -0.3 is 4.74 Å². The minimum Gasteiger partial charge on any atom is -0.458 e. The monoisotopic (exact) mass is 141 g/mol. The van der Waals surface area contributed by atoms with Crippen molar-refractivity contribution in [1.82, 2.24) is 0 Å². The van der Waals surface area contributed by atoms with Crippen LogP contribution in [0.5, 0.6) is 0 Å². The normalized spacial score (nSPS) is 18.1. The highest BCUT2D eigenvalue weighted by Gasteiger charge is 2.26. The van der Waals surface area contributed by atoms with E-state index in [0.29, 0.717) is 0 Å². The molecule has 0 unspecified atom stereocenters. The lowest BCUT2D eigenvalue weighted by atomic mass is 9.86. The van der Waals surface area contributed by atoms with Crippen LogP contribution in [0.3, 0.4) is 0 Å². The van der Waals surface area contributed by atoms with Gasteiger partial charge in [-0.05, 0) is 19.3 Å². The molecule has 0 heterocycles. The van der Waals surface area contributed by atoms with Gasteiger partial charge in [-0.2, -0.15) is 0 Å². The van der Waals surface area contributed by atoms with Gasteiger partial charge in [-0.15, -0.1) is 0 Å². The summed E-state index contributed by atoms with van der Waals surface area (Å²) in [5.74, 6) is 0.177. The molecule has 2 heteroatoms. The first kappa shape index (κ1) is 7.58. The summed E-state index contributed by atoms with van der Waals surface area (Å²) < 4.78 is 4.83. The fourth-order valence-corrected chi connectivity index (χ4v) is 0.906. The zero-order valence-corrected chi connectivity index (χ0v) is 6.30. The lowest BCUT2D eigenvalue weighted by Gasteiger charge is -2.22. The molecule has 0 aromatic rings. The van der Waals surface area contributed by atoms with Gasteiger partial charge in [0.05, 0.1) is 5.92 Å². The van der Waals surface area contributed by atoms with Crippen molar-refractivity contribution in [3.8, 4) is 0 Å². The molecule has 0 aromatic heterocycles. The van der Waals surface area contributed by atoms with Crippen molar-refractivity contribution in [3.63, 3.8) is 0 Å². The van der Waals surface area contributed by atoms with Gasteiger partial charge in [-0.25, -0.2) is 0 Å². The molecule has 10 heavy (non-hydrogen) atoms. The van der Waals surface area contributed by atoms with E-state index in [4.69, 9.17) is 4.74 Å². The highest BCUT2D eigenvalue weighted by molar-refractivity contribution is 5.73. The predicted molar refractivity (Wildman–Crippen MR) is 38.0 cm³/mol. The summed E-state index contributed by atoms with van der Waals surface area (Å²) in [7, 11) is 0. The van der Waals surface area contributed by atoms with E-state index in [1.165, 1.54) is 6.42 Å². The SMILES string of the molecule is CC[CH]OC(=O)C1CCC1. The molecule has 2 nitrogen and oxygen atoms in total. The summed E-state index contributed by atoms with van der Waals surface area (Å²) in [5.41, 5.74) is 0. The average molecular weight is 141 g/mol. The highest BCUT2D eigenvalue weighted by Crippen LogP contribution is 2.27. The molecule has 0 amide bonds. The van der Waals surface area contributed by atoms with Crippen LogP contribution in [-0.4, -0.2) is 5.97 Å². The number of ether oxygens (including phenoxy) is 1. The minimum atomic E-state index is -0.0342. The van der Waals surface area contributed by atoms with Gasteiger partial charge in [0.2, 0.25) is 0 Å². The van der Waals surface area contributed by atoms with Gasteiger partial charge in [0.1, 0.15) is 6.61 Å². The molecule has 1 rings (SSSR count). The van der Waals surface area contributed by atoms with E-state index < -0.39 is 0 Å². The third-order valence-corrected chi connectivity index (χ3v) is 1.80. The van der Waals surface area contributed by atoms with Crippen molar-refractivity contribution in [2.75, 3.05) is 0 Å². The third kappa shape index (κ3) is 1.72. The van der Waals surface area contributed by atoms with Gasteiger partial charge in [-0.1, -0.05) is 13.3 Å². The average Bonchev–Trinajstić information content (AvgIpc) is 1.79. The van der Waals surface area contributed by atoms with Crippen LogP contribution in [0.15, 0.2) is 0 Å². The summed E-state index contributed by atoms with van der Waals surface area (Å²) in [6, 6.07) is 0. The maximum Gasteiger partial charge on any atom is 0.309 e. The van der Waals surface area contributed by atoms with Gasteiger partial charge in [0.15, 0.2) is 0 Å². The Labute approximate surface area is 61.6 Å². The van der Waals surface area contributed by atoms with E-state index in [1.807, 2.05) is 6.92 Å². The Morgan fingerprint density at radius 1 is 1.70 bits per heavy atom. The predicted octanol–water partition coefficient (Wildman–Crippen LogP) is 1.90. The maximum absolute atomic E-state index is 10.9. The lowest BCUT2D eigenvalue weighted by Crippen LogP contribution is -2.23. The van der Waals surface area contributed by atoms with Crippen molar-refractivity contribution in [2.45, 2.75) is 32.6 Å². The van der Waals surface area contributed by atoms with E-state index in [-0.39, 0.29) is 11.9 Å². The fraction of sp³-hybridized carbons (Fsp3) is 0.750. The maximum atomic E-state index is 10.9. The molecule has 0 spiro atoms.